The fourth-order valence-corrected chi connectivity index (χ4v) is 4.59. The number of amides is 1. The van der Waals surface area contributed by atoms with Gasteiger partial charge in [-0.05, 0) is 43.9 Å². The Morgan fingerprint density at radius 2 is 2.09 bits per heavy atom. The van der Waals surface area contributed by atoms with Gasteiger partial charge in [-0.2, -0.15) is 18.3 Å². The largest absolute Gasteiger partial charge is 0.434 e. The van der Waals surface area contributed by atoms with Crippen molar-refractivity contribution >= 4 is 17.5 Å². The second kappa shape index (κ2) is 5.69. The van der Waals surface area contributed by atoms with Gasteiger partial charge in [0.05, 0.1) is 0 Å². The summed E-state index contributed by atoms with van der Waals surface area (Å²) in [4.78, 5) is 12.3. The summed E-state index contributed by atoms with van der Waals surface area (Å²) in [5.74, 6) is 1.10. The molecule has 0 saturated heterocycles. The third-order valence-corrected chi connectivity index (χ3v) is 5.62. The highest BCUT2D eigenvalue weighted by atomic mass is 35.5. The molecular formula is C15H19ClF3N3O. The van der Waals surface area contributed by atoms with Gasteiger partial charge in [0.15, 0.2) is 11.4 Å². The van der Waals surface area contributed by atoms with Crippen LogP contribution in [-0.2, 0) is 13.2 Å². The number of aromatic nitrogens is 2. The van der Waals surface area contributed by atoms with E-state index in [1.54, 1.807) is 0 Å². The number of rotatable bonds is 3. The molecule has 128 valence electrons. The first-order valence-electron chi connectivity index (χ1n) is 7.79. The van der Waals surface area contributed by atoms with Crippen LogP contribution in [-0.4, -0.2) is 21.7 Å². The summed E-state index contributed by atoms with van der Waals surface area (Å²) in [6.07, 6.45) is 0.0673. The van der Waals surface area contributed by atoms with Gasteiger partial charge < -0.3 is 5.32 Å². The predicted molar refractivity (Wildman–Crippen MR) is 79.1 cm³/mol. The molecule has 1 amide bonds. The first-order valence-corrected chi connectivity index (χ1v) is 8.16. The number of carbonyl (C=O) groups excluding carboxylic acids is 1. The minimum atomic E-state index is -4.65. The Kier molecular flexibility index (Phi) is 4.11. The molecule has 23 heavy (non-hydrogen) atoms. The summed E-state index contributed by atoms with van der Waals surface area (Å²) in [6.45, 7) is 1.91. The van der Waals surface area contributed by atoms with Crippen molar-refractivity contribution in [1.82, 2.24) is 15.1 Å². The molecule has 1 N–H and O–H groups in total. The van der Waals surface area contributed by atoms with Gasteiger partial charge in [-0.25, -0.2) is 0 Å². The minimum Gasteiger partial charge on any atom is -0.348 e. The monoisotopic (exact) mass is 349 g/mol. The maximum absolute atomic E-state index is 12.9. The molecule has 2 bridgehead atoms. The van der Waals surface area contributed by atoms with Crippen LogP contribution in [0.5, 0.6) is 0 Å². The number of fused-ring (bicyclic) bond motifs is 2. The van der Waals surface area contributed by atoms with Crippen molar-refractivity contribution < 1.29 is 18.0 Å². The fraction of sp³-hybridized carbons (Fsp3) is 0.733. The zero-order valence-corrected chi connectivity index (χ0v) is 13.7. The molecule has 3 rings (SSSR count). The van der Waals surface area contributed by atoms with E-state index in [0.717, 1.165) is 19.4 Å². The zero-order valence-electron chi connectivity index (χ0n) is 13.0. The van der Waals surface area contributed by atoms with Gasteiger partial charge in [0.25, 0.3) is 5.91 Å². The van der Waals surface area contributed by atoms with Crippen molar-refractivity contribution in [3.05, 3.63) is 16.4 Å². The lowest BCUT2D eigenvalue weighted by atomic mass is 9.84. The Balaban J connectivity index is 1.74. The van der Waals surface area contributed by atoms with Crippen molar-refractivity contribution in [1.29, 1.82) is 0 Å². The topological polar surface area (TPSA) is 46.9 Å². The van der Waals surface area contributed by atoms with Crippen LogP contribution < -0.4 is 5.32 Å². The Morgan fingerprint density at radius 1 is 1.39 bits per heavy atom. The van der Waals surface area contributed by atoms with Crippen LogP contribution in [0.1, 0.15) is 48.8 Å². The third-order valence-electron chi connectivity index (χ3n) is 5.27. The number of aryl methyl sites for hydroxylation is 1. The van der Waals surface area contributed by atoms with E-state index in [0.29, 0.717) is 16.5 Å². The van der Waals surface area contributed by atoms with E-state index in [4.69, 9.17) is 11.6 Å². The Hall–Kier alpha value is -1.24. The van der Waals surface area contributed by atoms with Gasteiger partial charge in [0, 0.05) is 13.1 Å². The molecule has 2 saturated carbocycles. The van der Waals surface area contributed by atoms with Gasteiger partial charge in [-0.15, -0.1) is 0 Å². The molecule has 0 aliphatic heterocycles. The van der Waals surface area contributed by atoms with Crippen molar-refractivity contribution in [3.8, 4) is 0 Å². The lowest BCUT2D eigenvalue weighted by molar-refractivity contribution is -0.143. The first kappa shape index (κ1) is 16.6. The summed E-state index contributed by atoms with van der Waals surface area (Å²) >= 11 is 5.75. The van der Waals surface area contributed by atoms with Crippen LogP contribution in [0, 0.1) is 17.8 Å². The van der Waals surface area contributed by atoms with Gasteiger partial charge in [0.1, 0.15) is 5.02 Å². The van der Waals surface area contributed by atoms with E-state index < -0.39 is 22.8 Å². The van der Waals surface area contributed by atoms with Crippen LogP contribution in [0.4, 0.5) is 13.2 Å². The lowest BCUT2D eigenvalue weighted by Crippen LogP contribution is -2.40. The highest BCUT2D eigenvalue weighted by Gasteiger charge is 2.43. The summed E-state index contributed by atoms with van der Waals surface area (Å²) in [7, 11) is 1.13. The van der Waals surface area contributed by atoms with Crippen molar-refractivity contribution in [2.75, 3.05) is 0 Å². The van der Waals surface area contributed by atoms with Gasteiger partial charge in [-0.1, -0.05) is 18.0 Å². The molecule has 0 aromatic carbocycles. The zero-order chi connectivity index (χ0) is 16.9. The van der Waals surface area contributed by atoms with Crippen molar-refractivity contribution in [2.24, 2.45) is 24.8 Å². The summed E-state index contributed by atoms with van der Waals surface area (Å²) in [6, 6.07) is -0.0924. The van der Waals surface area contributed by atoms with Crippen LogP contribution in [0.3, 0.4) is 0 Å². The number of hydrogen-bond acceptors (Lipinski definition) is 2. The van der Waals surface area contributed by atoms with Gasteiger partial charge in [0.2, 0.25) is 0 Å². The second-order valence-electron chi connectivity index (χ2n) is 6.73. The molecule has 0 unspecified atom stereocenters. The normalized spacial score (nSPS) is 28.2. The molecule has 0 spiro atoms. The molecule has 1 aromatic heterocycles. The summed E-state index contributed by atoms with van der Waals surface area (Å²) < 4.78 is 39.4. The average molecular weight is 350 g/mol. The van der Waals surface area contributed by atoms with E-state index in [9.17, 15) is 18.0 Å². The highest BCUT2D eigenvalue weighted by Crippen LogP contribution is 2.49. The quantitative estimate of drug-likeness (QED) is 0.905. The number of carbonyl (C=O) groups is 1. The van der Waals surface area contributed by atoms with Crippen molar-refractivity contribution in [2.45, 2.75) is 44.8 Å². The fourth-order valence-electron chi connectivity index (χ4n) is 4.24. The maximum atomic E-state index is 12.9. The Bertz CT molecular complexity index is 628. The highest BCUT2D eigenvalue weighted by molar-refractivity contribution is 6.34. The summed E-state index contributed by atoms with van der Waals surface area (Å²) in [5, 5.41) is 5.81. The molecule has 8 heteroatoms. The van der Waals surface area contributed by atoms with E-state index in [1.807, 2.05) is 6.92 Å². The predicted octanol–water partition coefficient (Wildman–Crippen LogP) is 3.65. The SMILES string of the molecule is C[C@@H](NC(=O)c1nn(C)c(C(F)(F)F)c1Cl)[C@@H]1C[C@H]2CC[C@H]1C2. The van der Waals surface area contributed by atoms with E-state index >= 15 is 0 Å². The maximum Gasteiger partial charge on any atom is 0.434 e. The van der Waals surface area contributed by atoms with E-state index in [2.05, 4.69) is 10.4 Å². The smallest absolute Gasteiger partial charge is 0.348 e. The minimum absolute atomic E-state index is 0.0924. The molecular weight excluding hydrogens is 331 g/mol. The molecule has 1 heterocycles. The van der Waals surface area contributed by atoms with Crippen LogP contribution in [0.2, 0.25) is 5.02 Å². The second-order valence-corrected chi connectivity index (χ2v) is 7.11. The number of halogens is 4. The summed E-state index contributed by atoms with van der Waals surface area (Å²) in [5.41, 5.74) is -1.46. The standard InChI is InChI=1S/C15H19ClF3N3O/c1-7(10-6-8-3-4-9(10)5-8)20-14(23)12-11(16)13(15(17,18)19)22(2)21-12/h7-10H,3-6H2,1-2H3,(H,20,23)/t7-,8+,9+,10+/m1/s1. The Morgan fingerprint density at radius 3 is 2.57 bits per heavy atom. The van der Waals surface area contributed by atoms with Crippen LogP contribution in [0.15, 0.2) is 0 Å². The first-order chi connectivity index (χ1) is 10.7. The molecule has 2 fully saturated rings. The lowest BCUT2D eigenvalue weighted by Gasteiger charge is -2.28. The van der Waals surface area contributed by atoms with Crippen molar-refractivity contribution in [3.63, 3.8) is 0 Å². The van der Waals surface area contributed by atoms with Gasteiger partial charge in [-0.3, -0.25) is 9.48 Å². The molecule has 2 aliphatic carbocycles. The number of alkyl halides is 3. The molecule has 4 atom stereocenters. The number of nitrogens with zero attached hydrogens (tertiary/aromatic N) is 2. The van der Waals surface area contributed by atoms with E-state index in [-0.39, 0.29) is 11.7 Å². The van der Waals surface area contributed by atoms with Crippen LogP contribution >= 0.6 is 11.6 Å². The number of nitrogens with one attached hydrogen (secondary N) is 1. The van der Waals surface area contributed by atoms with Gasteiger partial charge >= 0.3 is 6.18 Å². The van der Waals surface area contributed by atoms with Crippen LogP contribution in [0.25, 0.3) is 0 Å². The molecule has 4 nitrogen and oxygen atoms in total. The number of hydrogen-bond donors (Lipinski definition) is 1. The molecule has 2 aliphatic rings. The molecule has 0 radical (unpaired) electrons. The average Bonchev–Trinajstić information content (AvgIpc) is 3.11. The molecule has 1 aromatic rings. The van der Waals surface area contributed by atoms with E-state index in [1.165, 1.54) is 19.3 Å². The third kappa shape index (κ3) is 2.95. The Labute approximate surface area is 137 Å².